The zero-order valence-corrected chi connectivity index (χ0v) is 10.8. The third kappa shape index (κ3) is 3.24. The lowest BCUT2D eigenvalue weighted by Gasteiger charge is -2.20. The van der Waals surface area contributed by atoms with E-state index in [0.29, 0.717) is 5.92 Å². The molecule has 0 heterocycles. The Kier molecular flexibility index (Phi) is 4.81. The summed E-state index contributed by atoms with van der Waals surface area (Å²) in [4.78, 5) is 0. The van der Waals surface area contributed by atoms with Gasteiger partial charge in [-0.05, 0) is 37.8 Å². The van der Waals surface area contributed by atoms with Gasteiger partial charge in [-0.15, -0.1) is 0 Å². The van der Waals surface area contributed by atoms with Gasteiger partial charge in [0.15, 0.2) is 0 Å². The fourth-order valence-electron chi connectivity index (χ4n) is 2.05. The molecule has 2 unspecified atom stereocenters. The molecule has 0 saturated carbocycles. The number of aryl methyl sites for hydroxylation is 1. The summed E-state index contributed by atoms with van der Waals surface area (Å²) in [5.74, 6) is 1.50. The summed E-state index contributed by atoms with van der Waals surface area (Å²) in [5, 5.41) is 0. The van der Waals surface area contributed by atoms with E-state index in [1.54, 1.807) is 7.11 Å². The molecule has 0 aliphatic heterocycles. The average Bonchev–Trinajstić information content (AvgIpc) is 2.25. The van der Waals surface area contributed by atoms with E-state index in [4.69, 9.17) is 10.5 Å². The van der Waals surface area contributed by atoms with Gasteiger partial charge in [-0.2, -0.15) is 0 Å². The average molecular weight is 221 g/mol. The van der Waals surface area contributed by atoms with Crippen LogP contribution in [0.4, 0.5) is 0 Å². The molecule has 1 aromatic rings. The summed E-state index contributed by atoms with van der Waals surface area (Å²) in [6.45, 7) is 6.38. The number of ether oxygens (including phenoxy) is 1. The summed E-state index contributed by atoms with van der Waals surface area (Å²) < 4.78 is 5.38. The zero-order valence-electron chi connectivity index (χ0n) is 10.8. The van der Waals surface area contributed by atoms with Gasteiger partial charge in [0.2, 0.25) is 0 Å². The van der Waals surface area contributed by atoms with Crippen LogP contribution >= 0.6 is 0 Å². The molecule has 0 amide bonds. The number of hydrogen-bond donors (Lipinski definition) is 1. The Morgan fingerprint density at radius 2 is 2.06 bits per heavy atom. The summed E-state index contributed by atoms with van der Waals surface area (Å²) >= 11 is 0. The first-order chi connectivity index (χ1) is 7.58. The minimum absolute atomic E-state index is 0.232. The Balaban J connectivity index is 2.89. The van der Waals surface area contributed by atoms with Crippen LogP contribution in [0.3, 0.4) is 0 Å². The van der Waals surface area contributed by atoms with Crippen LogP contribution in [0.15, 0.2) is 18.2 Å². The van der Waals surface area contributed by atoms with Crippen molar-refractivity contribution in [2.45, 2.75) is 39.7 Å². The van der Waals surface area contributed by atoms with E-state index in [1.165, 1.54) is 11.1 Å². The second kappa shape index (κ2) is 5.90. The van der Waals surface area contributed by atoms with Crippen LogP contribution in [0.25, 0.3) is 0 Å². The molecule has 2 nitrogen and oxygen atoms in total. The Hall–Kier alpha value is -1.02. The van der Waals surface area contributed by atoms with Crippen molar-refractivity contribution in [2.75, 3.05) is 7.11 Å². The molecule has 0 aromatic heterocycles. The molecule has 0 saturated heterocycles. The van der Waals surface area contributed by atoms with Crippen LogP contribution in [-0.2, 0) is 6.42 Å². The molecule has 2 N–H and O–H groups in total. The van der Waals surface area contributed by atoms with Gasteiger partial charge in [-0.3, -0.25) is 0 Å². The Bertz CT molecular complexity index is 334. The van der Waals surface area contributed by atoms with Crippen LogP contribution < -0.4 is 10.5 Å². The number of rotatable bonds is 5. The van der Waals surface area contributed by atoms with E-state index in [-0.39, 0.29) is 6.04 Å². The maximum atomic E-state index is 5.98. The fourth-order valence-corrected chi connectivity index (χ4v) is 2.05. The molecule has 2 heteroatoms. The normalized spacial score (nSPS) is 14.6. The largest absolute Gasteiger partial charge is 0.496 e. The van der Waals surface area contributed by atoms with Crippen molar-refractivity contribution >= 4 is 0 Å². The Morgan fingerprint density at radius 3 is 2.56 bits per heavy atom. The Labute approximate surface area is 98.8 Å². The molecule has 0 bridgehead atoms. The van der Waals surface area contributed by atoms with Crippen molar-refractivity contribution in [2.24, 2.45) is 11.7 Å². The topological polar surface area (TPSA) is 35.2 Å². The highest BCUT2D eigenvalue weighted by Crippen LogP contribution is 2.24. The van der Waals surface area contributed by atoms with Gasteiger partial charge >= 0.3 is 0 Å². The summed E-state index contributed by atoms with van der Waals surface area (Å²) in [6.07, 6.45) is 2.10. The highest BCUT2D eigenvalue weighted by Gasteiger charge is 2.14. The van der Waals surface area contributed by atoms with Gasteiger partial charge in [-0.1, -0.05) is 31.0 Å². The molecular weight excluding hydrogens is 198 g/mol. The lowest BCUT2D eigenvalue weighted by molar-refractivity contribution is 0.390. The molecule has 0 aliphatic rings. The monoisotopic (exact) mass is 221 g/mol. The molecular formula is C14H23NO. The van der Waals surface area contributed by atoms with Crippen molar-refractivity contribution in [1.82, 2.24) is 0 Å². The van der Waals surface area contributed by atoms with E-state index >= 15 is 0 Å². The molecule has 0 fully saturated rings. The smallest absolute Gasteiger partial charge is 0.122 e. The van der Waals surface area contributed by atoms with Crippen LogP contribution in [-0.4, -0.2) is 13.2 Å². The van der Waals surface area contributed by atoms with Crippen molar-refractivity contribution in [3.8, 4) is 5.75 Å². The predicted molar refractivity (Wildman–Crippen MR) is 68.9 cm³/mol. The van der Waals surface area contributed by atoms with Gasteiger partial charge in [0, 0.05) is 6.04 Å². The summed E-state index contributed by atoms with van der Waals surface area (Å²) in [6, 6.07) is 6.55. The van der Waals surface area contributed by atoms with Crippen molar-refractivity contribution in [3.63, 3.8) is 0 Å². The van der Waals surface area contributed by atoms with Gasteiger partial charge in [0.05, 0.1) is 7.11 Å². The van der Waals surface area contributed by atoms with Crippen LogP contribution in [0.2, 0.25) is 0 Å². The first-order valence-electron chi connectivity index (χ1n) is 5.97. The van der Waals surface area contributed by atoms with Gasteiger partial charge in [0.1, 0.15) is 5.75 Å². The highest BCUT2D eigenvalue weighted by molar-refractivity contribution is 5.37. The highest BCUT2D eigenvalue weighted by atomic mass is 16.5. The Morgan fingerprint density at radius 1 is 1.38 bits per heavy atom. The third-order valence-electron chi connectivity index (χ3n) is 3.19. The first-order valence-corrected chi connectivity index (χ1v) is 5.97. The fraction of sp³-hybridized carbons (Fsp3) is 0.571. The summed E-state index contributed by atoms with van der Waals surface area (Å²) in [7, 11) is 1.72. The second-order valence-electron chi connectivity index (χ2n) is 4.55. The van der Waals surface area contributed by atoms with Crippen molar-refractivity contribution < 1.29 is 4.74 Å². The van der Waals surface area contributed by atoms with Crippen molar-refractivity contribution in [3.05, 3.63) is 29.3 Å². The maximum Gasteiger partial charge on any atom is 0.122 e. The molecule has 90 valence electrons. The maximum absolute atomic E-state index is 5.98. The predicted octanol–water partition coefficient (Wildman–Crippen LogP) is 2.92. The number of benzene rings is 1. The first kappa shape index (κ1) is 13.0. The molecule has 1 aromatic carbocycles. The summed E-state index contributed by atoms with van der Waals surface area (Å²) in [5.41, 5.74) is 8.53. The van der Waals surface area contributed by atoms with Gasteiger partial charge < -0.3 is 10.5 Å². The lowest BCUT2D eigenvalue weighted by Crippen LogP contribution is -2.27. The van der Waals surface area contributed by atoms with E-state index in [9.17, 15) is 0 Å². The molecule has 0 spiro atoms. The minimum atomic E-state index is 0.232. The quantitative estimate of drug-likeness (QED) is 0.829. The number of methoxy groups -OCH3 is 1. The van der Waals surface area contributed by atoms with E-state index in [2.05, 4.69) is 32.9 Å². The third-order valence-corrected chi connectivity index (χ3v) is 3.19. The molecule has 2 atom stereocenters. The van der Waals surface area contributed by atoms with Crippen LogP contribution in [0.1, 0.15) is 31.4 Å². The molecule has 1 rings (SSSR count). The van der Waals surface area contributed by atoms with E-state index in [1.807, 2.05) is 6.07 Å². The second-order valence-corrected chi connectivity index (χ2v) is 4.55. The molecule has 16 heavy (non-hydrogen) atoms. The zero-order chi connectivity index (χ0) is 12.1. The number of nitrogens with two attached hydrogens (primary N) is 1. The van der Waals surface area contributed by atoms with Crippen LogP contribution in [0.5, 0.6) is 5.75 Å². The van der Waals surface area contributed by atoms with E-state index < -0.39 is 0 Å². The van der Waals surface area contributed by atoms with E-state index in [0.717, 1.165) is 18.6 Å². The minimum Gasteiger partial charge on any atom is -0.496 e. The molecule has 0 aliphatic carbocycles. The molecule has 0 radical (unpaired) electrons. The van der Waals surface area contributed by atoms with Crippen molar-refractivity contribution in [1.29, 1.82) is 0 Å². The van der Waals surface area contributed by atoms with Gasteiger partial charge in [-0.25, -0.2) is 0 Å². The van der Waals surface area contributed by atoms with Gasteiger partial charge in [0.25, 0.3) is 0 Å². The van der Waals surface area contributed by atoms with Crippen LogP contribution in [0, 0.1) is 12.8 Å². The lowest BCUT2D eigenvalue weighted by atomic mass is 9.90. The standard InChI is InChI=1S/C14H23NO/c1-5-12(11(3)15)9-13-8-10(2)6-7-14(13)16-4/h6-8,11-12H,5,9,15H2,1-4H3. The number of hydrogen-bond acceptors (Lipinski definition) is 2. The SMILES string of the molecule is CCC(Cc1cc(C)ccc1OC)C(C)N.